The summed E-state index contributed by atoms with van der Waals surface area (Å²) in [6.07, 6.45) is 14.6. The Morgan fingerprint density at radius 1 is 0.917 bits per heavy atom. The molecule has 0 aromatic carbocycles. The monoisotopic (exact) mass is 340 g/mol. The van der Waals surface area contributed by atoms with Gasteiger partial charge in [0, 0.05) is 6.42 Å². The Bertz CT molecular complexity index is 367. The van der Waals surface area contributed by atoms with Gasteiger partial charge >= 0.3 is 11.9 Å². The van der Waals surface area contributed by atoms with Crippen molar-refractivity contribution in [2.45, 2.75) is 96.8 Å². The molecule has 0 saturated heterocycles. The number of rotatable bonds is 16. The lowest BCUT2D eigenvalue weighted by Gasteiger charge is -2.12. The Morgan fingerprint density at radius 3 is 2.12 bits per heavy atom. The zero-order valence-electron chi connectivity index (χ0n) is 15.3. The number of aliphatic carboxylic acids is 2. The van der Waals surface area contributed by atoms with Crippen molar-refractivity contribution in [1.82, 2.24) is 0 Å². The molecule has 1 saturated carbocycles. The van der Waals surface area contributed by atoms with Gasteiger partial charge in [0.1, 0.15) is 0 Å². The second-order valence-corrected chi connectivity index (χ2v) is 7.58. The summed E-state index contributed by atoms with van der Waals surface area (Å²) >= 11 is 0. The summed E-state index contributed by atoms with van der Waals surface area (Å²) in [5.41, 5.74) is 0. The van der Waals surface area contributed by atoms with Crippen LogP contribution in [0.4, 0.5) is 0 Å². The number of hydrogen-bond acceptors (Lipinski definition) is 2. The summed E-state index contributed by atoms with van der Waals surface area (Å²) in [7, 11) is 0. The SMILES string of the molecule is CCCCCCCCCCC(CC1CC1CCCC(=O)O)C(=O)O. The number of carboxylic acid groups (broad SMARTS) is 2. The number of unbranched alkanes of at least 4 members (excludes halogenated alkanes) is 7. The standard InChI is InChI=1S/C20H36O4/c1-2-3-4-5-6-7-8-9-11-17(20(23)24)15-18-14-16(18)12-10-13-19(21)22/h16-18H,2-15H2,1H3,(H,21,22)(H,23,24). The van der Waals surface area contributed by atoms with Crippen molar-refractivity contribution in [3.8, 4) is 0 Å². The summed E-state index contributed by atoms with van der Waals surface area (Å²) < 4.78 is 0. The summed E-state index contributed by atoms with van der Waals surface area (Å²) in [4.78, 5) is 22.0. The maximum Gasteiger partial charge on any atom is 0.306 e. The third-order valence-electron chi connectivity index (χ3n) is 5.38. The first-order valence-electron chi connectivity index (χ1n) is 9.99. The van der Waals surface area contributed by atoms with Gasteiger partial charge in [0.05, 0.1) is 5.92 Å². The molecule has 1 rings (SSSR count). The van der Waals surface area contributed by atoms with Crippen LogP contribution in [-0.4, -0.2) is 22.2 Å². The Labute approximate surface area is 147 Å². The van der Waals surface area contributed by atoms with Crippen LogP contribution in [0.25, 0.3) is 0 Å². The van der Waals surface area contributed by atoms with E-state index in [1.165, 1.54) is 38.5 Å². The molecule has 0 spiro atoms. The summed E-state index contributed by atoms with van der Waals surface area (Å²) in [5, 5.41) is 18.1. The highest BCUT2D eigenvalue weighted by Gasteiger charge is 2.39. The molecule has 0 amide bonds. The van der Waals surface area contributed by atoms with Gasteiger partial charge in [-0.3, -0.25) is 9.59 Å². The van der Waals surface area contributed by atoms with Gasteiger partial charge in [0.2, 0.25) is 0 Å². The number of carbonyl (C=O) groups is 2. The zero-order chi connectivity index (χ0) is 17.8. The largest absolute Gasteiger partial charge is 0.481 e. The molecule has 0 aromatic heterocycles. The minimum Gasteiger partial charge on any atom is -0.481 e. The summed E-state index contributed by atoms with van der Waals surface area (Å²) in [6, 6.07) is 0. The molecule has 3 atom stereocenters. The lowest BCUT2D eigenvalue weighted by Crippen LogP contribution is -2.14. The first-order valence-corrected chi connectivity index (χ1v) is 9.99. The van der Waals surface area contributed by atoms with Gasteiger partial charge in [-0.05, 0) is 43.9 Å². The maximum absolute atomic E-state index is 11.4. The van der Waals surface area contributed by atoms with E-state index in [-0.39, 0.29) is 12.3 Å². The topological polar surface area (TPSA) is 74.6 Å². The predicted octanol–water partition coefficient (Wildman–Crippen LogP) is 5.50. The van der Waals surface area contributed by atoms with Crippen molar-refractivity contribution >= 4 is 11.9 Å². The molecular formula is C20H36O4. The summed E-state index contributed by atoms with van der Waals surface area (Å²) in [5.74, 6) is -0.474. The fourth-order valence-corrected chi connectivity index (χ4v) is 3.70. The van der Waals surface area contributed by atoms with E-state index in [0.717, 1.165) is 44.9 Å². The van der Waals surface area contributed by atoms with E-state index in [1.54, 1.807) is 0 Å². The molecule has 0 aromatic rings. The number of carboxylic acids is 2. The van der Waals surface area contributed by atoms with Crippen LogP contribution in [0.2, 0.25) is 0 Å². The molecule has 140 valence electrons. The third-order valence-corrected chi connectivity index (χ3v) is 5.38. The van der Waals surface area contributed by atoms with Crippen molar-refractivity contribution < 1.29 is 19.8 Å². The molecule has 4 nitrogen and oxygen atoms in total. The van der Waals surface area contributed by atoms with E-state index in [1.807, 2.05) is 0 Å². The molecule has 1 aliphatic carbocycles. The van der Waals surface area contributed by atoms with Crippen molar-refractivity contribution in [2.24, 2.45) is 17.8 Å². The minimum atomic E-state index is -0.731. The van der Waals surface area contributed by atoms with E-state index in [4.69, 9.17) is 5.11 Å². The number of hydrogen-bond donors (Lipinski definition) is 2. The Hall–Kier alpha value is -1.06. The van der Waals surface area contributed by atoms with Crippen LogP contribution >= 0.6 is 0 Å². The first-order chi connectivity index (χ1) is 11.5. The van der Waals surface area contributed by atoms with Crippen LogP contribution in [-0.2, 0) is 9.59 Å². The second kappa shape index (κ2) is 12.3. The van der Waals surface area contributed by atoms with Gasteiger partial charge in [0.25, 0.3) is 0 Å². The predicted molar refractivity (Wildman–Crippen MR) is 96.1 cm³/mol. The minimum absolute atomic E-state index is 0.195. The van der Waals surface area contributed by atoms with E-state index >= 15 is 0 Å². The van der Waals surface area contributed by atoms with E-state index in [0.29, 0.717) is 11.8 Å². The van der Waals surface area contributed by atoms with Crippen LogP contribution in [0.3, 0.4) is 0 Å². The Balaban J connectivity index is 2.06. The third kappa shape index (κ3) is 9.94. The van der Waals surface area contributed by atoms with E-state index in [2.05, 4.69) is 6.92 Å². The lowest BCUT2D eigenvalue weighted by molar-refractivity contribution is -0.142. The van der Waals surface area contributed by atoms with Crippen molar-refractivity contribution in [1.29, 1.82) is 0 Å². The van der Waals surface area contributed by atoms with Crippen molar-refractivity contribution in [3.63, 3.8) is 0 Å². The Morgan fingerprint density at radius 2 is 1.54 bits per heavy atom. The molecule has 2 N–H and O–H groups in total. The average Bonchev–Trinajstić information content (AvgIpc) is 3.26. The van der Waals surface area contributed by atoms with Crippen LogP contribution in [0, 0.1) is 17.8 Å². The normalized spacial score (nSPS) is 20.7. The van der Waals surface area contributed by atoms with Gasteiger partial charge in [-0.25, -0.2) is 0 Å². The van der Waals surface area contributed by atoms with E-state index < -0.39 is 11.9 Å². The van der Waals surface area contributed by atoms with Crippen molar-refractivity contribution in [3.05, 3.63) is 0 Å². The highest BCUT2D eigenvalue weighted by Crippen LogP contribution is 2.47. The summed E-state index contributed by atoms with van der Waals surface area (Å²) in [6.45, 7) is 2.22. The lowest BCUT2D eigenvalue weighted by atomic mass is 9.94. The van der Waals surface area contributed by atoms with Gasteiger partial charge in [-0.2, -0.15) is 0 Å². The molecule has 1 aliphatic rings. The molecule has 24 heavy (non-hydrogen) atoms. The van der Waals surface area contributed by atoms with Crippen LogP contribution < -0.4 is 0 Å². The molecular weight excluding hydrogens is 304 g/mol. The molecule has 0 radical (unpaired) electrons. The molecule has 1 fully saturated rings. The fraction of sp³-hybridized carbons (Fsp3) is 0.900. The Kier molecular flexibility index (Phi) is 10.8. The van der Waals surface area contributed by atoms with Crippen LogP contribution in [0.5, 0.6) is 0 Å². The van der Waals surface area contributed by atoms with Crippen LogP contribution in [0.1, 0.15) is 96.8 Å². The molecule has 4 heteroatoms. The zero-order valence-corrected chi connectivity index (χ0v) is 15.3. The van der Waals surface area contributed by atoms with Gasteiger partial charge in [0.15, 0.2) is 0 Å². The van der Waals surface area contributed by atoms with Gasteiger partial charge in [-0.15, -0.1) is 0 Å². The second-order valence-electron chi connectivity index (χ2n) is 7.58. The molecule has 3 unspecified atom stereocenters. The fourth-order valence-electron chi connectivity index (χ4n) is 3.70. The molecule has 0 aliphatic heterocycles. The van der Waals surface area contributed by atoms with Gasteiger partial charge in [-0.1, -0.05) is 58.3 Å². The maximum atomic E-state index is 11.4. The van der Waals surface area contributed by atoms with Gasteiger partial charge < -0.3 is 10.2 Å². The smallest absolute Gasteiger partial charge is 0.306 e. The van der Waals surface area contributed by atoms with Crippen LogP contribution in [0.15, 0.2) is 0 Å². The highest BCUT2D eigenvalue weighted by molar-refractivity contribution is 5.70. The van der Waals surface area contributed by atoms with Crippen molar-refractivity contribution in [2.75, 3.05) is 0 Å². The van der Waals surface area contributed by atoms with E-state index in [9.17, 15) is 14.7 Å². The average molecular weight is 341 g/mol. The molecule has 0 bridgehead atoms. The first kappa shape index (κ1) is 21.0. The molecule has 0 heterocycles. The quantitative estimate of drug-likeness (QED) is 0.364. The highest BCUT2D eigenvalue weighted by atomic mass is 16.4.